The minimum Gasteiger partial charge on any atom is -0.483 e. The van der Waals surface area contributed by atoms with Crippen LogP contribution < -0.4 is 10.1 Å². The van der Waals surface area contributed by atoms with Gasteiger partial charge in [-0.1, -0.05) is 11.6 Å². The Bertz CT molecular complexity index is 595. The zero-order chi connectivity index (χ0) is 13.8. The van der Waals surface area contributed by atoms with Crippen LogP contribution in [-0.2, 0) is 4.79 Å². The highest BCUT2D eigenvalue weighted by Gasteiger charge is 2.08. The van der Waals surface area contributed by atoms with Crippen molar-refractivity contribution in [2.75, 3.05) is 11.9 Å². The highest BCUT2D eigenvalue weighted by Crippen LogP contribution is 2.21. The molecular weight excluding hydrogens is 266 g/mol. The van der Waals surface area contributed by atoms with Crippen molar-refractivity contribution in [3.8, 4) is 5.75 Å². The Hall–Kier alpha value is -2.01. The first-order valence-electron chi connectivity index (χ1n) is 5.75. The van der Waals surface area contributed by atoms with Crippen LogP contribution in [0.5, 0.6) is 5.75 Å². The Labute approximate surface area is 115 Å². The molecule has 0 fully saturated rings. The third kappa shape index (κ3) is 3.48. The second-order valence-corrected chi connectivity index (χ2v) is 4.61. The van der Waals surface area contributed by atoms with Gasteiger partial charge in [-0.3, -0.25) is 9.89 Å². The standard InChI is InChI=1S/C13H14ClN3O2/c1-8-5-10(14)3-4-11(8)19-7-12(18)16-13-9(2)6-15-17-13/h3-6H,7H2,1-2H3,(H2,15,16,17,18). The fourth-order valence-electron chi connectivity index (χ4n) is 1.57. The van der Waals surface area contributed by atoms with Gasteiger partial charge >= 0.3 is 0 Å². The number of H-pyrrole nitrogens is 1. The smallest absolute Gasteiger partial charge is 0.263 e. The number of rotatable bonds is 4. The van der Waals surface area contributed by atoms with Crippen molar-refractivity contribution in [3.63, 3.8) is 0 Å². The number of nitrogens with zero attached hydrogens (tertiary/aromatic N) is 1. The highest BCUT2D eigenvalue weighted by atomic mass is 35.5. The van der Waals surface area contributed by atoms with Gasteiger partial charge in [-0.15, -0.1) is 0 Å². The number of amides is 1. The number of halogens is 1. The van der Waals surface area contributed by atoms with Gasteiger partial charge in [0.05, 0.1) is 6.20 Å². The van der Waals surface area contributed by atoms with Gasteiger partial charge < -0.3 is 10.1 Å². The number of anilines is 1. The predicted molar refractivity (Wildman–Crippen MR) is 73.6 cm³/mol. The molecule has 100 valence electrons. The van der Waals surface area contributed by atoms with E-state index >= 15 is 0 Å². The quantitative estimate of drug-likeness (QED) is 0.904. The molecule has 0 unspecified atom stereocenters. The van der Waals surface area contributed by atoms with E-state index in [1.807, 2.05) is 13.8 Å². The molecule has 2 rings (SSSR count). The summed E-state index contributed by atoms with van der Waals surface area (Å²) in [5.74, 6) is 0.976. The molecule has 0 aliphatic carbocycles. The minimum atomic E-state index is -0.248. The first-order valence-corrected chi connectivity index (χ1v) is 6.13. The lowest BCUT2D eigenvalue weighted by atomic mass is 10.2. The number of aryl methyl sites for hydroxylation is 2. The largest absolute Gasteiger partial charge is 0.483 e. The van der Waals surface area contributed by atoms with Crippen LogP contribution in [0.15, 0.2) is 24.4 Å². The lowest BCUT2D eigenvalue weighted by molar-refractivity contribution is -0.118. The number of aromatic nitrogens is 2. The van der Waals surface area contributed by atoms with Crippen LogP contribution in [0.2, 0.25) is 5.02 Å². The molecule has 1 amide bonds. The van der Waals surface area contributed by atoms with E-state index in [4.69, 9.17) is 16.3 Å². The van der Waals surface area contributed by atoms with E-state index in [9.17, 15) is 4.79 Å². The zero-order valence-electron chi connectivity index (χ0n) is 10.7. The summed E-state index contributed by atoms with van der Waals surface area (Å²) in [6.07, 6.45) is 1.64. The number of hydrogen-bond acceptors (Lipinski definition) is 3. The molecule has 0 saturated heterocycles. The van der Waals surface area contributed by atoms with E-state index in [1.165, 1.54) is 0 Å². The molecule has 0 bridgehead atoms. The molecule has 19 heavy (non-hydrogen) atoms. The molecule has 5 nitrogen and oxygen atoms in total. The molecule has 0 spiro atoms. The molecular formula is C13H14ClN3O2. The zero-order valence-corrected chi connectivity index (χ0v) is 11.4. The Morgan fingerprint density at radius 3 is 2.84 bits per heavy atom. The van der Waals surface area contributed by atoms with Crippen molar-refractivity contribution in [2.45, 2.75) is 13.8 Å². The van der Waals surface area contributed by atoms with Crippen molar-refractivity contribution in [3.05, 3.63) is 40.5 Å². The molecule has 2 N–H and O–H groups in total. The fraction of sp³-hybridized carbons (Fsp3) is 0.231. The summed E-state index contributed by atoms with van der Waals surface area (Å²) in [6.45, 7) is 3.66. The number of carbonyl (C=O) groups is 1. The van der Waals surface area contributed by atoms with Crippen LogP contribution in [0.25, 0.3) is 0 Å². The van der Waals surface area contributed by atoms with Crippen molar-refractivity contribution >= 4 is 23.3 Å². The maximum atomic E-state index is 11.7. The topological polar surface area (TPSA) is 67.0 Å². The van der Waals surface area contributed by atoms with E-state index in [-0.39, 0.29) is 12.5 Å². The van der Waals surface area contributed by atoms with Crippen molar-refractivity contribution < 1.29 is 9.53 Å². The molecule has 1 heterocycles. The average Bonchev–Trinajstić information content (AvgIpc) is 2.74. The van der Waals surface area contributed by atoms with Crippen LogP contribution in [0.1, 0.15) is 11.1 Å². The van der Waals surface area contributed by atoms with Gasteiger partial charge in [0.25, 0.3) is 5.91 Å². The number of ether oxygens (including phenoxy) is 1. The lowest BCUT2D eigenvalue weighted by Crippen LogP contribution is -2.21. The monoisotopic (exact) mass is 279 g/mol. The predicted octanol–water partition coefficient (Wildman–Crippen LogP) is 2.70. The Morgan fingerprint density at radius 2 is 2.21 bits per heavy atom. The SMILES string of the molecule is Cc1cc(Cl)ccc1OCC(=O)Nc1[nH]ncc1C. The molecule has 0 atom stereocenters. The second-order valence-electron chi connectivity index (χ2n) is 4.17. The normalized spacial score (nSPS) is 10.3. The molecule has 0 saturated carbocycles. The van der Waals surface area contributed by atoms with Gasteiger partial charge in [-0.25, -0.2) is 0 Å². The summed E-state index contributed by atoms with van der Waals surface area (Å²) >= 11 is 5.85. The number of benzene rings is 1. The van der Waals surface area contributed by atoms with E-state index < -0.39 is 0 Å². The summed E-state index contributed by atoms with van der Waals surface area (Å²) in [5.41, 5.74) is 1.76. The summed E-state index contributed by atoms with van der Waals surface area (Å²) < 4.78 is 5.44. The first-order chi connectivity index (χ1) is 9.06. The summed E-state index contributed by atoms with van der Waals surface area (Å²) in [5, 5.41) is 9.84. The van der Waals surface area contributed by atoms with Crippen LogP contribution in [0, 0.1) is 13.8 Å². The molecule has 0 radical (unpaired) electrons. The maximum absolute atomic E-state index is 11.7. The molecule has 0 aliphatic rings. The first kappa shape index (κ1) is 13.4. The summed E-state index contributed by atoms with van der Waals surface area (Å²) in [6, 6.07) is 5.25. The van der Waals surface area contributed by atoms with Gasteiger partial charge in [0.1, 0.15) is 11.6 Å². The van der Waals surface area contributed by atoms with Gasteiger partial charge in [-0.2, -0.15) is 5.10 Å². The van der Waals surface area contributed by atoms with E-state index in [0.717, 1.165) is 11.1 Å². The molecule has 1 aromatic carbocycles. The van der Waals surface area contributed by atoms with Crippen molar-refractivity contribution in [1.82, 2.24) is 10.2 Å². The van der Waals surface area contributed by atoms with Gasteiger partial charge in [0.15, 0.2) is 6.61 Å². The van der Waals surface area contributed by atoms with Crippen LogP contribution in [0.4, 0.5) is 5.82 Å². The number of nitrogens with one attached hydrogen (secondary N) is 2. The Morgan fingerprint density at radius 1 is 1.42 bits per heavy atom. The fourth-order valence-corrected chi connectivity index (χ4v) is 1.79. The maximum Gasteiger partial charge on any atom is 0.263 e. The number of aromatic amines is 1. The number of carbonyl (C=O) groups excluding carboxylic acids is 1. The highest BCUT2D eigenvalue weighted by molar-refractivity contribution is 6.30. The van der Waals surface area contributed by atoms with E-state index in [1.54, 1.807) is 24.4 Å². The Balaban J connectivity index is 1.92. The van der Waals surface area contributed by atoms with Gasteiger partial charge in [-0.05, 0) is 37.6 Å². The third-order valence-electron chi connectivity index (χ3n) is 2.59. The minimum absolute atomic E-state index is 0.0685. The van der Waals surface area contributed by atoms with E-state index in [2.05, 4.69) is 15.5 Å². The van der Waals surface area contributed by atoms with Gasteiger partial charge in [0.2, 0.25) is 0 Å². The van der Waals surface area contributed by atoms with Crippen LogP contribution >= 0.6 is 11.6 Å². The third-order valence-corrected chi connectivity index (χ3v) is 2.82. The van der Waals surface area contributed by atoms with Crippen LogP contribution in [0.3, 0.4) is 0 Å². The molecule has 2 aromatic rings. The summed E-state index contributed by atoms with van der Waals surface area (Å²) in [7, 11) is 0. The Kier molecular flexibility index (Phi) is 4.06. The second kappa shape index (κ2) is 5.75. The molecule has 1 aromatic heterocycles. The van der Waals surface area contributed by atoms with Crippen molar-refractivity contribution in [1.29, 1.82) is 0 Å². The van der Waals surface area contributed by atoms with Crippen LogP contribution in [-0.4, -0.2) is 22.7 Å². The lowest BCUT2D eigenvalue weighted by Gasteiger charge is -2.09. The molecule has 0 aliphatic heterocycles. The number of hydrogen-bond donors (Lipinski definition) is 2. The van der Waals surface area contributed by atoms with Crippen molar-refractivity contribution in [2.24, 2.45) is 0 Å². The average molecular weight is 280 g/mol. The molecule has 6 heteroatoms. The van der Waals surface area contributed by atoms with Gasteiger partial charge in [0, 0.05) is 10.6 Å². The van der Waals surface area contributed by atoms with E-state index in [0.29, 0.717) is 16.6 Å². The summed E-state index contributed by atoms with van der Waals surface area (Å²) in [4.78, 5) is 11.7.